The third kappa shape index (κ3) is 6.92. The number of aryl methyl sites for hydroxylation is 8. The van der Waals surface area contributed by atoms with Crippen molar-refractivity contribution in [2.75, 3.05) is 19.6 Å². The van der Waals surface area contributed by atoms with Crippen LogP contribution in [0.15, 0.2) is 109 Å². The van der Waals surface area contributed by atoms with Crippen molar-refractivity contribution in [3.05, 3.63) is 176 Å². The van der Waals surface area contributed by atoms with Crippen LogP contribution < -0.4 is 19.6 Å². The summed E-state index contributed by atoms with van der Waals surface area (Å²) in [5.74, 6) is 0.587. The molecule has 0 aliphatic carbocycles. The topological polar surface area (TPSA) is 13.0 Å². The molecule has 0 fully saturated rings. The molecule has 8 rings (SSSR count). The van der Waals surface area contributed by atoms with E-state index in [9.17, 15) is 0 Å². The number of fused-ring (bicyclic) bond motifs is 2. The molecule has 0 spiro atoms. The lowest BCUT2D eigenvalue weighted by molar-refractivity contribution is 0.596. The Morgan fingerprint density at radius 1 is 0.290 bits per heavy atom. The Morgan fingerprint density at radius 3 is 0.597 bits per heavy atom. The average molecular weight is 837 g/mol. The van der Waals surface area contributed by atoms with Gasteiger partial charge in [0.1, 0.15) is 23.3 Å². The molecule has 2 aliphatic heterocycles. The van der Waals surface area contributed by atoms with Crippen LogP contribution in [0.4, 0.5) is 63.1 Å². The number of benzene rings is 6. The van der Waals surface area contributed by atoms with Crippen LogP contribution in [0, 0.1) is 23.3 Å². The van der Waals surface area contributed by atoms with Crippen molar-refractivity contribution in [3.63, 3.8) is 0 Å². The molecule has 320 valence electrons. The fourth-order valence-corrected chi connectivity index (χ4v) is 9.29. The maximum absolute atomic E-state index is 16.1. The van der Waals surface area contributed by atoms with Crippen LogP contribution >= 0.6 is 0 Å². The zero-order valence-electron chi connectivity index (χ0n) is 37.2. The molecule has 0 unspecified atom stereocenters. The highest BCUT2D eigenvalue weighted by Crippen LogP contribution is 2.58. The summed E-state index contributed by atoms with van der Waals surface area (Å²) >= 11 is 0. The van der Waals surface area contributed by atoms with Crippen LogP contribution in [0.1, 0.15) is 99.9 Å². The molecular formula is C54H56F4N4. The van der Waals surface area contributed by atoms with Gasteiger partial charge in [-0.05, 0) is 169 Å². The van der Waals surface area contributed by atoms with E-state index in [0.29, 0.717) is 108 Å². The first-order valence-corrected chi connectivity index (χ1v) is 22.4. The highest BCUT2D eigenvalue weighted by Gasteiger charge is 2.45. The Balaban J connectivity index is 1.61. The number of hydrogen-bond donors (Lipinski definition) is 0. The molecule has 8 heteroatoms. The first-order chi connectivity index (χ1) is 30.1. The molecule has 4 nitrogen and oxygen atoms in total. The van der Waals surface area contributed by atoms with Crippen molar-refractivity contribution in [1.29, 1.82) is 0 Å². The van der Waals surface area contributed by atoms with Crippen LogP contribution in [0.3, 0.4) is 0 Å². The Labute approximate surface area is 364 Å². The molecule has 62 heavy (non-hydrogen) atoms. The van der Waals surface area contributed by atoms with Gasteiger partial charge >= 0.3 is 0 Å². The molecule has 0 saturated carbocycles. The van der Waals surface area contributed by atoms with Crippen LogP contribution in [-0.2, 0) is 51.4 Å². The molecule has 2 heterocycles. The molecule has 0 bridgehead atoms. The molecule has 2 aliphatic rings. The zero-order valence-corrected chi connectivity index (χ0v) is 37.2. The summed E-state index contributed by atoms with van der Waals surface area (Å²) in [5.41, 5.74) is 11.3. The Morgan fingerprint density at radius 2 is 0.452 bits per heavy atom. The Hall–Kier alpha value is -6.02. The summed E-state index contributed by atoms with van der Waals surface area (Å²) in [6.07, 6.45) is 3.92. The largest absolute Gasteiger partial charge is 0.291 e. The van der Waals surface area contributed by atoms with E-state index in [-0.39, 0.29) is 23.3 Å². The molecule has 0 saturated heterocycles. The van der Waals surface area contributed by atoms with Gasteiger partial charge < -0.3 is 0 Å². The summed E-state index contributed by atoms with van der Waals surface area (Å²) < 4.78 is 64.5. The first kappa shape index (κ1) is 42.7. The lowest BCUT2D eigenvalue weighted by Crippen LogP contribution is -2.34. The van der Waals surface area contributed by atoms with Gasteiger partial charge in [0.2, 0.25) is 0 Å². The van der Waals surface area contributed by atoms with Crippen molar-refractivity contribution >= 4 is 45.5 Å². The second kappa shape index (κ2) is 17.4. The van der Waals surface area contributed by atoms with Crippen LogP contribution in [0.25, 0.3) is 0 Å². The number of nitrogens with zero attached hydrogens (tertiary/aromatic N) is 4. The maximum atomic E-state index is 16.1. The highest BCUT2D eigenvalue weighted by molar-refractivity contribution is 6.00. The fraction of sp³-hybridized carbons (Fsp3) is 0.296. The van der Waals surface area contributed by atoms with E-state index in [4.69, 9.17) is 0 Å². The minimum Gasteiger partial charge on any atom is -0.291 e. The van der Waals surface area contributed by atoms with Crippen molar-refractivity contribution in [2.45, 2.75) is 107 Å². The summed E-state index contributed by atoms with van der Waals surface area (Å²) in [4.78, 5) is 8.80. The summed E-state index contributed by atoms with van der Waals surface area (Å²) in [6, 6.07) is 31.8. The van der Waals surface area contributed by atoms with Crippen LogP contribution in [0.2, 0.25) is 0 Å². The van der Waals surface area contributed by atoms with Gasteiger partial charge in [0.15, 0.2) is 11.6 Å². The highest BCUT2D eigenvalue weighted by atomic mass is 19.1. The predicted molar refractivity (Wildman–Crippen MR) is 249 cm³/mol. The standard InChI is InChI=1S/C54H56F4N4/c1-9-33-25-41(26-34(10-2)49(33)55)59-45-21-17-18-22-46(45)60(42-27-35(11-3)50(56)36(12-4)28-42)53(59)54-61(43-29-37(13-5)51(57)38(14-6)30-43)47-23-19-20-24-48(47)62(54)44-31-39(15-7)52(58)40(16-8)32-44/h17-32H,9-16H2,1-8H3. The third-order valence-electron chi connectivity index (χ3n) is 12.7. The molecular weight excluding hydrogens is 781 g/mol. The van der Waals surface area contributed by atoms with E-state index in [2.05, 4.69) is 43.9 Å². The minimum absolute atomic E-state index is 0.205. The second-order valence-electron chi connectivity index (χ2n) is 16.1. The monoisotopic (exact) mass is 836 g/mol. The number of halogens is 4. The van der Waals surface area contributed by atoms with Gasteiger partial charge in [-0.3, -0.25) is 19.6 Å². The van der Waals surface area contributed by atoms with Gasteiger partial charge in [0.05, 0.1) is 22.7 Å². The van der Waals surface area contributed by atoms with E-state index < -0.39 is 0 Å². The molecule has 0 aromatic heterocycles. The average Bonchev–Trinajstić information content (AvgIpc) is 3.82. The quantitative estimate of drug-likeness (QED) is 0.114. The number of para-hydroxylation sites is 4. The van der Waals surface area contributed by atoms with Gasteiger partial charge in [-0.1, -0.05) is 79.7 Å². The predicted octanol–water partition coefficient (Wildman–Crippen LogP) is 15.1. The van der Waals surface area contributed by atoms with Crippen molar-refractivity contribution < 1.29 is 17.6 Å². The molecule has 0 radical (unpaired) electrons. The molecule has 0 N–H and O–H groups in total. The maximum Gasteiger partial charge on any atom is 0.166 e. The molecule has 6 aromatic carbocycles. The Kier molecular flexibility index (Phi) is 12.0. The van der Waals surface area contributed by atoms with Crippen molar-refractivity contribution in [2.24, 2.45) is 0 Å². The molecule has 6 aromatic rings. The van der Waals surface area contributed by atoms with E-state index >= 15 is 17.6 Å². The summed E-state index contributed by atoms with van der Waals surface area (Å²) in [7, 11) is 0. The molecule has 0 atom stereocenters. The van der Waals surface area contributed by atoms with Gasteiger partial charge in [0, 0.05) is 22.7 Å². The second-order valence-corrected chi connectivity index (χ2v) is 16.1. The normalized spacial score (nSPS) is 13.5. The minimum atomic E-state index is -0.205. The van der Waals surface area contributed by atoms with Gasteiger partial charge in [-0.2, -0.15) is 0 Å². The first-order valence-electron chi connectivity index (χ1n) is 22.4. The van der Waals surface area contributed by atoms with Crippen molar-refractivity contribution in [1.82, 2.24) is 0 Å². The number of rotatable bonds is 12. The smallest absolute Gasteiger partial charge is 0.166 e. The van der Waals surface area contributed by atoms with Crippen LogP contribution in [-0.4, -0.2) is 0 Å². The lowest BCUT2D eigenvalue weighted by Gasteiger charge is -2.35. The van der Waals surface area contributed by atoms with E-state index in [1.54, 1.807) is 0 Å². The Bertz CT molecular complexity index is 2250. The fourth-order valence-electron chi connectivity index (χ4n) is 9.29. The van der Waals surface area contributed by atoms with E-state index in [0.717, 1.165) is 45.5 Å². The molecule has 0 amide bonds. The summed E-state index contributed by atoms with van der Waals surface area (Å²) in [5, 5.41) is 0. The lowest BCUT2D eigenvalue weighted by atomic mass is 10.0. The number of anilines is 8. The van der Waals surface area contributed by atoms with Gasteiger partial charge in [0.25, 0.3) is 0 Å². The van der Waals surface area contributed by atoms with E-state index in [1.165, 1.54) is 0 Å². The zero-order chi connectivity index (χ0) is 44.0. The third-order valence-corrected chi connectivity index (χ3v) is 12.7. The summed E-state index contributed by atoms with van der Waals surface area (Å²) in [6.45, 7) is 15.7. The SMILES string of the molecule is CCc1cc(N2C(=C3N(c4cc(CC)c(F)c(CC)c4)c4ccccc4N3c3cc(CC)c(F)c(CC)c3)N(c3cc(CC)c(F)c(CC)c3)c3ccccc32)cc(CC)c1F. The van der Waals surface area contributed by atoms with Crippen molar-refractivity contribution in [3.8, 4) is 0 Å². The van der Waals surface area contributed by atoms with E-state index in [1.807, 2.05) is 128 Å². The number of hydrogen-bond acceptors (Lipinski definition) is 4. The van der Waals surface area contributed by atoms with Gasteiger partial charge in [-0.25, -0.2) is 17.6 Å². The van der Waals surface area contributed by atoms with Gasteiger partial charge in [-0.15, -0.1) is 0 Å². The van der Waals surface area contributed by atoms with Crippen LogP contribution in [0.5, 0.6) is 0 Å².